The third-order valence-electron chi connectivity index (χ3n) is 2.36. The minimum absolute atomic E-state index is 0.200. The maximum absolute atomic E-state index is 13.7. The maximum Gasteiger partial charge on any atom is 0.352 e. The molecule has 10 heteroatoms. The summed E-state index contributed by atoms with van der Waals surface area (Å²) < 4.78 is 75.5. The molecule has 1 unspecified atom stereocenters. The maximum atomic E-state index is 13.7. The monoisotopic (exact) mass is 326 g/mol. The molecule has 0 saturated carbocycles. The van der Waals surface area contributed by atoms with Crippen LogP contribution in [-0.4, -0.2) is 18.2 Å². The van der Waals surface area contributed by atoms with Crippen molar-refractivity contribution in [3.8, 4) is 6.07 Å². The summed E-state index contributed by atoms with van der Waals surface area (Å²) in [6, 6.07) is 1.31. The number of rotatable bonds is 6. The van der Waals surface area contributed by atoms with Gasteiger partial charge < -0.3 is 9.05 Å². The second-order valence-electron chi connectivity index (χ2n) is 3.64. The molecule has 0 N–H and O–H groups in total. The van der Waals surface area contributed by atoms with Crippen molar-refractivity contribution in [3.63, 3.8) is 0 Å². The van der Waals surface area contributed by atoms with Crippen LogP contribution in [0.15, 0.2) is 0 Å². The zero-order valence-corrected chi connectivity index (χ0v) is 12.0. The fourth-order valence-corrected chi connectivity index (χ4v) is 3.36. The van der Waals surface area contributed by atoms with Gasteiger partial charge in [-0.2, -0.15) is 19.0 Å². The lowest BCUT2D eigenvalue weighted by molar-refractivity contribution is 0.215. The summed E-state index contributed by atoms with van der Waals surface area (Å²) in [5.41, 5.74) is -3.53. The average Bonchev–Trinajstić information content (AvgIpc) is 2.41. The van der Waals surface area contributed by atoms with E-state index in [0.29, 0.717) is 0 Å². The number of hydrogen-bond donors (Lipinski definition) is 0. The fourth-order valence-electron chi connectivity index (χ4n) is 1.58. The van der Waals surface area contributed by atoms with Crippen molar-refractivity contribution in [1.29, 1.82) is 5.26 Å². The third kappa shape index (κ3) is 3.40. The van der Waals surface area contributed by atoms with Crippen LogP contribution in [-0.2, 0) is 13.6 Å². The molecule has 1 aromatic rings. The molecule has 0 amide bonds. The van der Waals surface area contributed by atoms with Crippen LogP contribution in [0, 0.1) is 34.9 Å². The molecule has 1 rings (SSSR count). The van der Waals surface area contributed by atoms with Gasteiger partial charge in [0.05, 0.1) is 24.8 Å². The van der Waals surface area contributed by atoms with Gasteiger partial charge in [-0.3, -0.25) is 4.57 Å². The predicted octanol–water partition coefficient (Wildman–Crippen LogP) is 3.47. The highest BCUT2D eigenvalue weighted by molar-refractivity contribution is 7.54. The first-order chi connectivity index (χ1) is 9.82. The van der Waals surface area contributed by atoms with Crippen LogP contribution in [0.25, 0.3) is 0 Å². The van der Waals surface area contributed by atoms with Crippen molar-refractivity contribution in [2.24, 2.45) is 0 Å². The van der Waals surface area contributed by atoms with Gasteiger partial charge in [-0.15, -0.1) is 0 Å². The number of nitriles is 1. The molecule has 21 heavy (non-hydrogen) atoms. The van der Waals surface area contributed by atoms with E-state index in [1.165, 1.54) is 19.9 Å². The summed E-state index contributed by atoms with van der Waals surface area (Å²) in [6.07, 6.45) is 0. The summed E-state index contributed by atoms with van der Waals surface area (Å²) >= 11 is 0. The topological polar surface area (TPSA) is 72.2 Å². The lowest BCUT2D eigenvalue weighted by Crippen LogP contribution is -2.13. The first kappa shape index (κ1) is 17.6. The number of pyridine rings is 1. The standard InChI is InChI=1S/C11H11F4N2O3P/c1-3-19-21(18,20-4-2)6(5-16)7-8(12)10(14)17-11(15)9(7)13/h6H,3-4H2,1-2H3. The van der Waals surface area contributed by atoms with Crippen LogP contribution >= 0.6 is 7.60 Å². The number of hydrogen-bond acceptors (Lipinski definition) is 5. The molecular formula is C11H11F4N2O3P. The Balaban J connectivity index is 3.54. The van der Waals surface area contributed by atoms with E-state index in [2.05, 4.69) is 4.98 Å². The molecule has 0 spiro atoms. The Kier molecular flexibility index (Phi) is 5.84. The van der Waals surface area contributed by atoms with E-state index in [-0.39, 0.29) is 13.2 Å². The molecule has 1 aromatic heterocycles. The van der Waals surface area contributed by atoms with Crippen LogP contribution in [0.3, 0.4) is 0 Å². The lowest BCUT2D eigenvalue weighted by Gasteiger charge is -2.22. The molecule has 0 saturated heterocycles. The Hall–Kier alpha value is -1.49. The summed E-state index contributed by atoms with van der Waals surface area (Å²) in [5.74, 6) is -7.74. The zero-order valence-electron chi connectivity index (χ0n) is 11.1. The second-order valence-corrected chi connectivity index (χ2v) is 5.75. The van der Waals surface area contributed by atoms with Crippen LogP contribution < -0.4 is 0 Å². The van der Waals surface area contributed by atoms with Gasteiger partial charge in [0, 0.05) is 0 Å². The minimum atomic E-state index is -4.35. The largest absolute Gasteiger partial charge is 0.352 e. The summed E-state index contributed by atoms with van der Waals surface area (Å²) in [6.45, 7) is 2.41. The van der Waals surface area contributed by atoms with E-state index in [1.807, 2.05) is 0 Å². The Morgan fingerprint density at radius 2 is 1.57 bits per heavy atom. The second kappa shape index (κ2) is 6.98. The summed E-state index contributed by atoms with van der Waals surface area (Å²) in [4.78, 5) is 2.36. The molecule has 1 atom stereocenters. The SMILES string of the molecule is CCOP(=O)(OCC)C(C#N)c1c(F)c(F)nc(F)c1F. The fraction of sp³-hybridized carbons (Fsp3) is 0.455. The first-order valence-electron chi connectivity index (χ1n) is 5.80. The van der Waals surface area contributed by atoms with Gasteiger partial charge in [-0.1, -0.05) is 0 Å². The molecule has 116 valence electrons. The third-order valence-corrected chi connectivity index (χ3v) is 4.60. The van der Waals surface area contributed by atoms with Gasteiger partial charge in [-0.25, -0.2) is 8.78 Å². The van der Waals surface area contributed by atoms with E-state index >= 15 is 0 Å². The Labute approximate surface area is 118 Å². The molecular weight excluding hydrogens is 315 g/mol. The van der Waals surface area contributed by atoms with Gasteiger partial charge in [0.2, 0.25) is 0 Å². The molecule has 0 aliphatic rings. The van der Waals surface area contributed by atoms with Crippen LogP contribution in [0.4, 0.5) is 17.6 Å². The Morgan fingerprint density at radius 3 is 1.90 bits per heavy atom. The highest BCUT2D eigenvalue weighted by Crippen LogP contribution is 2.61. The first-order valence-corrected chi connectivity index (χ1v) is 7.41. The lowest BCUT2D eigenvalue weighted by atomic mass is 10.2. The zero-order chi connectivity index (χ0) is 16.2. The minimum Gasteiger partial charge on any atom is -0.308 e. The molecule has 0 aliphatic carbocycles. The van der Waals surface area contributed by atoms with Crippen molar-refractivity contribution in [1.82, 2.24) is 4.98 Å². The number of aromatic nitrogens is 1. The quantitative estimate of drug-likeness (QED) is 0.455. The molecule has 0 bridgehead atoms. The van der Waals surface area contributed by atoms with E-state index in [0.717, 1.165) is 0 Å². The van der Waals surface area contributed by atoms with Crippen LogP contribution in [0.5, 0.6) is 0 Å². The van der Waals surface area contributed by atoms with Crippen molar-refractivity contribution in [2.75, 3.05) is 13.2 Å². The average molecular weight is 326 g/mol. The predicted molar refractivity (Wildman–Crippen MR) is 63.3 cm³/mol. The van der Waals surface area contributed by atoms with Gasteiger partial charge >= 0.3 is 7.60 Å². The molecule has 0 aliphatic heterocycles. The number of nitrogens with zero attached hydrogens (tertiary/aromatic N) is 2. The van der Waals surface area contributed by atoms with Gasteiger partial charge in [0.25, 0.3) is 11.9 Å². The van der Waals surface area contributed by atoms with Crippen molar-refractivity contribution in [3.05, 3.63) is 29.1 Å². The molecule has 1 heterocycles. The highest BCUT2D eigenvalue weighted by Gasteiger charge is 2.42. The molecule has 0 aromatic carbocycles. The van der Waals surface area contributed by atoms with Gasteiger partial charge in [0.1, 0.15) is 0 Å². The van der Waals surface area contributed by atoms with Crippen LogP contribution in [0.2, 0.25) is 0 Å². The number of halogens is 4. The van der Waals surface area contributed by atoms with E-state index < -0.39 is 42.3 Å². The van der Waals surface area contributed by atoms with E-state index in [4.69, 9.17) is 14.3 Å². The summed E-state index contributed by atoms with van der Waals surface area (Å²) in [7, 11) is -4.35. The normalized spacial score (nSPS) is 13.0. The Bertz CT molecular complexity index is 584. The molecule has 0 radical (unpaired) electrons. The van der Waals surface area contributed by atoms with Crippen molar-refractivity contribution >= 4 is 7.60 Å². The Morgan fingerprint density at radius 1 is 1.14 bits per heavy atom. The van der Waals surface area contributed by atoms with Gasteiger partial charge in [-0.05, 0) is 13.8 Å². The van der Waals surface area contributed by atoms with Crippen molar-refractivity contribution in [2.45, 2.75) is 19.5 Å². The summed E-state index contributed by atoms with van der Waals surface area (Å²) in [5, 5.41) is 9.02. The van der Waals surface area contributed by atoms with E-state index in [1.54, 1.807) is 0 Å². The molecule has 5 nitrogen and oxygen atoms in total. The molecule has 0 fully saturated rings. The van der Waals surface area contributed by atoms with Crippen LogP contribution in [0.1, 0.15) is 25.1 Å². The van der Waals surface area contributed by atoms with Crippen molar-refractivity contribution < 1.29 is 31.2 Å². The van der Waals surface area contributed by atoms with Gasteiger partial charge in [0.15, 0.2) is 17.3 Å². The highest BCUT2D eigenvalue weighted by atomic mass is 31.2. The van der Waals surface area contributed by atoms with E-state index in [9.17, 15) is 22.1 Å². The smallest absolute Gasteiger partial charge is 0.308 e.